The first kappa shape index (κ1) is 53.1. The zero-order valence-electron chi connectivity index (χ0n) is 41.0. The third-order valence-electron chi connectivity index (χ3n) is 17.8. The van der Waals surface area contributed by atoms with Crippen molar-refractivity contribution in [1.82, 2.24) is 0 Å². The van der Waals surface area contributed by atoms with Gasteiger partial charge in [0, 0.05) is 12.3 Å². The van der Waals surface area contributed by atoms with E-state index >= 15 is 0 Å². The van der Waals surface area contributed by atoms with Crippen LogP contribution in [0.4, 0.5) is 0 Å². The van der Waals surface area contributed by atoms with Crippen LogP contribution in [0.1, 0.15) is 114 Å². The molecule has 0 bridgehead atoms. The first-order valence-corrected chi connectivity index (χ1v) is 25.8. The quantitative estimate of drug-likeness (QED) is 0.0837. The van der Waals surface area contributed by atoms with Crippen LogP contribution < -0.4 is 0 Å². The first-order chi connectivity index (χ1) is 32.1. The van der Waals surface area contributed by atoms with E-state index < -0.39 is 137 Å². The van der Waals surface area contributed by atoms with Crippen LogP contribution in [0.25, 0.3) is 0 Å². The van der Waals surface area contributed by atoms with E-state index in [1.54, 1.807) is 0 Å². The van der Waals surface area contributed by atoms with Gasteiger partial charge < -0.3 is 68.5 Å². The third kappa shape index (κ3) is 9.08. The fraction of sp³-hybridized carbons (Fsp3) is 0.875. The number of esters is 2. The van der Waals surface area contributed by atoms with E-state index in [2.05, 4.69) is 39.8 Å². The van der Waals surface area contributed by atoms with Crippen LogP contribution in [-0.4, -0.2) is 166 Å². The highest BCUT2D eigenvalue weighted by molar-refractivity contribution is 7.80. The Morgan fingerprint density at radius 3 is 2.16 bits per heavy atom. The van der Waals surface area contributed by atoms with Gasteiger partial charge in [-0.2, -0.15) is 8.42 Å². The van der Waals surface area contributed by atoms with Crippen LogP contribution in [-0.2, 0) is 62.1 Å². The highest BCUT2D eigenvalue weighted by Crippen LogP contribution is 2.76. The van der Waals surface area contributed by atoms with Gasteiger partial charge in [0.05, 0.1) is 36.8 Å². The van der Waals surface area contributed by atoms with Crippen LogP contribution in [0, 0.1) is 39.4 Å². The van der Waals surface area contributed by atoms with Crippen LogP contribution in [0.3, 0.4) is 0 Å². The summed E-state index contributed by atoms with van der Waals surface area (Å²) in [6.45, 7) is 16.7. The van der Waals surface area contributed by atoms with E-state index in [9.17, 15) is 53.2 Å². The highest BCUT2D eigenvalue weighted by atomic mass is 32.3. The number of cyclic esters (lactones) is 1. The highest BCUT2D eigenvalue weighted by Gasteiger charge is 2.79. The molecule has 4 aliphatic heterocycles. The Labute approximate surface area is 403 Å². The minimum atomic E-state index is -5.10. The lowest BCUT2D eigenvalue weighted by Gasteiger charge is -2.64. The van der Waals surface area contributed by atoms with Crippen LogP contribution in [0.15, 0.2) is 23.3 Å². The van der Waals surface area contributed by atoms with E-state index in [-0.39, 0.29) is 35.7 Å². The summed E-state index contributed by atoms with van der Waals surface area (Å²) in [5.74, 6) is -0.836. The van der Waals surface area contributed by atoms with Gasteiger partial charge >= 0.3 is 22.3 Å². The van der Waals surface area contributed by atoms with Gasteiger partial charge in [-0.15, -0.1) is 0 Å². The van der Waals surface area contributed by atoms with E-state index in [0.29, 0.717) is 38.5 Å². The number of fused-ring (bicyclic) bond motifs is 4. The lowest BCUT2D eigenvalue weighted by molar-refractivity contribution is -0.375. The molecule has 22 unspecified atom stereocenters. The third-order valence-corrected chi connectivity index (χ3v) is 18.3. The summed E-state index contributed by atoms with van der Waals surface area (Å²) in [4.78, 5) is 27.3. The SMILES string of the molecule is CC(=O)OC1CC2(C)C3=CCC4C(C)(C)C(OC5OCC(OS(=O)(=O)O)C(O)C5OC5OC(C)C(OC6OCC(O)C(O)C6O)C(O)C5O)CCC4(C)C3CCC23C(=O)OC(C)(CCC=C(C)C)C13. The molecule has 8 aliphatic rings. The molecular formula is C48H74O20S. The molecule has 7 N–H and O–H groups in total. The maximum atomic E-state index is 14.6. The minimum absolute atomic E-state index is 0.0254. The number of aliphatic hydroxyl groups is 6. The van der Waals surface area contributed by atoms with Gasteiger partial charge in [0.25, 0.3) is 0 Å². The van der Waals surface area contributed by atoms with Gasteiger partial charge in [0.15, 0.2) is 18.9 Å². The van der Waals surface area contributed by atoms with Crippen molar-refractivity contribution in [3.8, 4) is 0 Å². The second kappa shape index (κ2) is 18.9. The Balaban J connectivity index is 1.03. The molecule has 3 saturated carbocycles. The molecule has 7 fully saturated rings. The normalized spacial score (nSPS) is 49.3. The lowest BCUT2D eigenvalue weighted by Crippen LogP contribution is -2.65. The molecular weight excluding hydrogens is 929 g/mol. The summed E-state index contributed by atoms with van der Waals surface area (Å²) in [6, 6.07) is 0. The largest absolute Gasteiger partial charge is 0.462 e. The molecule has 0 amide bonds. The molecule has 22 atom stereocenters. The molecule has 1 spiro atoms. The second-order valence-corrected chi connectivity index (χ2v) is 23.6. The van der Waals surface area contributed by atoms with Gasteiger partial charge in [0.2, 0.25) is 0 Å². The molecule has 0 radical (unpaired) electrons. The summed E-state index contributed by atoms with van der Waals surface area (Å²) >= 11 is 0. The summed E-state index contributed by atoms with van der Waals surface area (Å²) in [5, 5.41) is 64.7. The molecule has 4 aliphatic carbocycles. The average Bonchev–Trinajstić information content (AvgIpc) is 3.65. The fourth-order valence-electron chi connectivity index (χ4n) is 14.5. The standard InChI is InChI=1S/C48H74O20S/c1-22(2)11-10-16-47(9)39-28(63-24(4)49)19-46(8)26-12-13-30-44(5,6)31(15-17-45(30,7)25(26)14-18-48(39,46)43(56)67-47)64-42-38(33(52)29(21-61-42)68-69(57,58)59)66-41-36(55)34(53)37(23(3)62-41)65-40-35(54)32(51)27(50)20-60-40/h11-12,23,25,27-42,50-55H,10,13-21H2,1-9H3,(H,57,58,59). The van der Waals surface area contributed by atoms with Gasteiger partial charge in [-0.3, -0.25) is 14.1 Å². The Hall–Kier alpha value is -2.19. The van der Waals surface area contributed by atoms with E-state index in [1.165, 1.54) is 25.0 Å². The van der Waals surface area contributed by atoms with E-state index in [0.717, 1.165) is 12.8 Å². The first-order valence-electron chi connectivity index (χ1n) is 24.4. The molecule has 4 heterocycles. The Bertz CT molecular complexity index is 2110. The molecule has 0 aromatic rings. The van der Waals surface area contributed by atoms with Crippen LogP contribution in [0.5, 0.6) is 0 Å². The molecule has 4 saturated heterocycles. The minimum Gasteiger partial charge on any atom is -0.462 e. The Kier molecular flexibility index (Phi) is 14.6. The molecule has 0 aromatic carbocycles. The monoisotopic (exact) mass is 1000 g/mol. The van der Waals surface area contributed by atoms with Crippen molar-refractivity contribution >= 4 is 22.3 Å². The Morgan fingerprint density at radius 2 is 1.49 bits per heavy atom. The number of carbonyl (C=O) groups excluding carboxylic acids is 2. The maximum absolute atomic E-state index is 14.6. The molecule has 69 heavy (non-hydrogen) atoms. The van der Waals surface area contributed by atoms with E-state index in [4.69, 9.17) is 42.1 Å². The number of ether oxygens (including phenoxy) is 8. The van der Waals surface area contributed by atoms with Crippen LogP contribution >= 0.6 is 0 Å². The van der Waals surface area contributed by atoms with Gasteiger partial charge in [0.1, 0.15) is 66.6 Å². The second-order valence-electron chi connectivity index (χ2n) is 22.6. The van der Waals surface area contributed by atoms with Crippen molar-refractivity contribution in [2.24, 2.45) is 39.4 Å². The number of carbonyl (C=O) groups is 2. The summed E-state index contributed by atoms with van der Waals surface area (Å²) in [6.07, 6.45) is -12.2. The predicted molar refractivity (Wildman–Crippen MR) is 238 cm³/mol. The van der Waals surface area contributed by atoms with Crippen molar-refractivity contribution in [3.63, 3.8) is 0 Å². The van der Waals surface area contributed by atoms with Crippen molar-refractivity contribution in [3.05, 3.63) is 23.3 Å². The molecule has 8 rings (SSSR count). The summed E-state index contributed by atoms with van der Waals surface area (Å²) in [5.41, 5.74) is -0.827. The zero-order valence-corrected chi connectivity index (χ0v) is 41.8. The number of aliphatic hydroxyl groups excluding tert-OH is 6. The van der Waals surface area contributed by atoms with Crippen molar-refractivity contribution in [2.45, 2.75) is 211 Å². The number of hydrogen-bond acceptors (Lipinski definition) is 19. The lowest BCUT2D eigenvalue weighted by atomic mass is 9.41. The van der Waals surface area contributed by atoms with Gasteiger partial charge in [-0.05, 0) is 102 Å². The van der Waals surface area contributed by atoms with Crippen molar-refractivity contribution in [1.29, 1.82) is 0 Å². The predicted octanol–water partition coefficient (Wildman–Crippen LogP) is 2.14. The number of allylic oxidation sites excluding steroid dienone is 4. The molecule has 20 nitrogen and oxygen atoms in total. The molecule has 0 aromatic heterocycles. The maximum Gasteiger partial charge on any atom is 0.397 e. The molecule has 392 valence electrons. The average molecular weight is 1000 g/mol. The van der Waals surface area contributed by atoms with Crippen molar-refractivity contribution < 1.29 is 95.3 Å². The zero-order chi connectivity index (χ0) is 50.6. The van der Waals surface area contributed by atoms with Gasteiger partial charge in [-0.1, -0.05) is 51.0 Å². The smallest absolute Gasteiger partial charge is 0.397 e. The number of hydrogen-bond donors (Lipinski definition) is 7. The van der Waals surface area contributed by atoms with Gasteiger partial charge in [-0.25, -0.2) is 4.18 Å². The topological polar surface area (TPSA) is 293 Å². The summed E-state index contributed by atoms with van der Waals surface area (Å²) in [7, 11) is -5.10. The summed E-state index contributed by atoms with van der Waals surface area (Å²) < 4.78 is 86.6. The Morgan fingerprint density at radius 1 is 0.826 bits per heavy atom. The van der Waals surface area contributed by atoms with Crippen molar-refractivity contribution in [2.75, 3.05) is 13.2 Å². The number of rotatable bonds is 12. The van der Waals surface area contributed by atoms with E-state index in [1.807, 2.05) is 20.8 Å². The van der Waals surface area contributed by atoms with Crippen LogP contribution in [0.2, 0.25) is 0 Å². The fourth-order valence-corrected chi connectivity index (χ4v) is 15.0. The molecule has 21 heteroatoms.